The number of anilines is 1. The van der Waals surface area contributed by atoms with Gasteiger partial charge in [0.05, 0.1) is 4.92 Å². The van der Waals surface area contributed by atoms with Gasteiger partial charge in [0, 0.05) is 35.4 Å². The largest absolute Gasteiger partial charge is 0.477 e. The molecule has 1 unspecified atom stereocenters. The number of carbonyl (C=O) groups is 1. The fourth-order valence-corrected chi connectivity index (χ4v) is 1.88. The molecule has 0 aliphatic rings. The molecule has 19 heavy (non-hydrogen) atoms. The lowest BCUT2D eigenvalue weighted by Crippen LogP contribution is -2.11. The maximum atomic E-state index is 10.9. The van der Waals surface area contributed by atoms with Crippen molar-refractivity contribution < 1.29 is 19.0 Å². The zero-order chi connectivity index (χ0) is 14.4. The van der Waals surface area contributed by atoms with Crippen LogP contribution < -0.4 is 5.32 Å². The third kappa shape index (κ3) is 4.62. The predicted octanol–water partition coefficient (Wildman–Crippen LogP) is 0.869. The Morgan fingerprint density at radius 3 is 2.79 bits per heavy atom. The lowest BCUT2D eigenvalue weighted by atomic mass is 10.3. The minimum atomic E-state index is -1.26. The smallest absolute Gasteiger partial charge is 0.354 e. The average Bonchev–Trinajstić information content (AvgIpc) is 2.33. The van der Waals surface area contributed by atoms with Crippen LogP contribution in [0.5, 0.6) is 0 Å². The van der Waals surface area contributed by atoms with Crippen LogP contribution >= 0.6 is 0 Å². The fraction of sp³-hybridized carbons (Fsp3) is 0.400. The summed E-state index contributed by atoms with van der Waals surface area (Å²) in [5, 5.41) is 22.3. The Labute approximate surface area is 111 Å². The van der Waals surface area contributed by atoms with E-state index < -0.39 is 21.7 Å². The summed E-state index contributed by atoms with van der Waals surface area (Å²) in [6.45, 7) is 0.330. The lowest BCUT2D eigenvalue weighted by Gasteiger charge is -2.06. The van der Waals surface area contributed by atoms with Crippen LogP contribution in [-0.2, 0) is 10.8 Å². The molecule has 0 amide bonds. The number of hydrogen-bond donors (Lipinski definition) is 2. The van der Waals surface area contributed by atoms with E-state index in [0.29, 0.717) is 18.7 Å². The number of carboxylic acid groups (broad SMARTS) is 1. The summed E-state index contributed by atoms with van der Waals surface area (Å²) in [5.74, 6) is -0.890. The Hall–Kier alpha value is -2.03. The van der Waals surface area contributed by atoms with Gasteiger partial charge < -0.3 is 10.4 Å². The van der Waals surface area contributed by atoms with Gasteiger partial charge in [0.25, 0.3) is 0 Å². The quantitative estimate of drug-likeness (QED) is 0.433. The second kappa shape index (κ2) is 6.78. The summed E-state index contributed by atoms with van der Waals surface area (Å²) >= 11 is 0. The summed E-state index contributed by atoms with van der Waals surface area (Å²) in [6, 6.07) is 2.17. The molecule has 0 aromatic carbocycles. The van der Waals surface area contributed by atoms with Crippen molar-refractivity contribution in [3.8, 4) is 0 Å². The molecule has 0 fully saturated rings. The highest BCUT2D eigenvalue weighted by Gasteiger charge is 2.17. The van der Waals surface area contributed by atoms with Gasteiger partial charge in [-0.1, -0.05) is 0 Å². The number of hydrogen-bond acceptors (Lipinski definition) is 6. The first-order valence-corrected chi connectivity index (χ1v) is 7.07. The van der Waals surface area contributed by atoms with Crippen molar-refractivity contribution >= 4 is 28.3 Å². The third-order valence-electron chi connectivity index (χ3n) is 2.19. The Balaban J connectivity index is 2.82. The summed E-state index contributed by atoms with van der Waals surface area (Å²) < 4.78 is 10.9. The van der Waals surface area contributed by atoms with Gasteiger partial charge in [-0.3, -0.25) is 14.3 Å². The number of nitrogens with one attached hydrogen (secondary N) is 1. The van der Waals surface area contributed by atoms with Crippen molar-refractivity contribution in [3.05, 3.63) is 27.9 Å². The Morgan fingerprint density at radius 1 is 1.58 bits per heavy atom. The standard InChI is InChI=1S/C10H13N3O5S/c1-19(18)6-2-5-11-9-8(13(16)17)4-3-7(12-9)10(14)15/h3-4H,2,5-6H2,1H3,(H,11,12)(H,14,15). The Kier molecular flexibility index (Phi) is 5.37. The monoisotopic (exact) mass is 287 g/mol. The Bertz CT molecular complexity index is 520. The molecule has 0 saturated heterocycles. The predicted molar refractivity (Wildman–Crippen MR) is 69.9 cm³/mol. The summed E-state index contributed by atoms with van der Waals surface area (Å²) in [4.78, 5) is 24.6. The lowest BCUT2D eigenvalue weighted by molar-refractivity contribution is -0.384. The van der Waals surface area contributed by atoms with Crippen LogP contribution in [0.25, 0.3) is 0 Å². The number of rotatable bonds is 7. The third-order valence-corrected chi connectivity index (χ3v) is 3.05. The molecule has 8 nitrogen and oxygen atoms in total. The topological polar surface area (TPSA) is 122 Å². The fourth-order valence-electron chi connectivity index (χ4n) is 1.33. The molecule has 1 aromatic heterocycles. The van der Waals surface area contributed by atoms with Crippen LogP contribution in [-0.4, -0.2) is 43.7 Å². The molecule has 1 atom stereocenters. The number of nitrogens with zero attached hydrogens (tertiary/aromatic N) is 2. The minimum Gasteiger partial charge on any atom is -0.477 e. The van der Waals surface area contributed by atoms with Crippen molar-refractivity contribution in [2.45, 2.75) is 6.42 Å². The van der Waals surface area contributed by atoms with Gasteiger partial charge in [0.15, 0.2) is 5.69 Å². The number of pyridine rings is 1. The first kappa shape index (κ1) is 15.0. The van der Waals surface area contributed by atoms with Crippen molar-refractivity contribution in [1.82, 2.24) is 4.98 Å². The van der Waals surface area contributed by atoms with Crippen LogP contribution in [0.1, 0.15) is 16.9 Å². The zero-order valence-corrected chi connectivity index (χ0v) is 11.0. The van der Waals surface area contributed by atoms with E-state index in [1.807, 2.05) is 0 Å². The molecule has 104 valence electrons. The molecule has 0 bridgehead atoms. The highest BCUT2D eigenvalue weighted by atomic mass is 32.2. The zero-order valence-electron chi connectivity index (χ0n) is 10.2. The maximum Gasteiger partial charge on any atom is 0.354 e. The molecule has 0 aliphatic carbocycles. The normalized spacial score (nSPS) is 11.8. The average molecular weight is 287 g/mol. The van der Waals surface area contributed by atoms with E-state index in [4.69, 9.17) is 5.11 Å². The summed E-state index contributed by atoms with van der Waals surface area (Å²) in [6.07, 6.45) is 2.10. The molecule has 1 aromatic rings. The molecular formula is C10H13N3O5S. The molecule has 2 N–H and O–H groups in total. The second-order valence-corrected chi connectivity index (χ2v) is 5.24. The highest BCUT2D eigenvalue weighted by molar-refractivity contribution is 7.84. The van der Waals surface area contributed by atoms with Gasteiger partial charge in [-0.05, 0) is 12.5 Å². The van der Waals surface area contributed by atoms with Crippen LogP contribution in [0, 0.1) is 10.1 Å². The Morgan fingerprint density at radius 2 is 2.26 bits per heavy atom. The van der Waals surface area contributed by atoms with E-state index in [2.05, 4.69) is 10.3 Å². The molecule has 9 heteroatoms. The van der Waals surface area contributed by atoms with Gasteiger partial charge in [-0.15, -0.1) is 0 Å². The van der Waals surface area contributed by atoms with E-state index >= 15 is 0 Å². The van der Waals surface area contributed by atoms with Crippen LogP contribution in [0.4, 0.5) is 11.5 Å². The van der Waals surface area contributed by atoms with Crippen LogP contribution in [0.3, 0.4) is 0 Å². The van der Waals surface area contributed by atoms with Crippen molar-refractivity contribution in [2.24, 2.45) is 0 Å². The van der Waals surface area contributed by atoms with E-state index in [1.54, 1.807) is 6.26 Å². The van der Waals surface area contributed by atoms with Crippen molar-refractivity contribution in [2.75, 3.05) is 23.9 Å². The van der Waals surface area contributed by atoms with Gasteiger partial charge in [-0.2, -0.15) is 0 Å². The minimum absolute atomic E-state index is 0.0909. The van der Waals surface area contributed by atoms with E-state index in [1.165, 1.54) is 0 Å². The van der Waals surface area contributed by atoms with Gasteiger partial charge in [0.2, 0.25) is 5.82 Å². The van der Waals surface area contributed by atoms with Crippen LogP contribution in [0.15, 0.2) is 12.1 Å². The first-order chi connectivity index (χ1) is 8.91. The van der Waals surface area contributed by atoms with Gasteiger partial charge in [0.1, 0.15) is 0 Å². The van der Waals surface area contributed by atoms with Crippen LogP contribution in [0.2, 0.25) is 0 Å². The molecule has 1 heterocycles. The second-order valence-electron chi connectivity index (χ2n) is 3.68. The van der Waals surface area contributed by atoms with Crippen molar-refractivity contribution in [1.29, 1.82) is 0 Å². The van der Waals surface area contributed by atoms with E-state index in [9.17, 15) is 19.1 Å². The highest BCUT2D eigenvalue weighted by Crippen LogP contribution is 2.22. The molecule has 0 saturated carbocycles. The molecule has 1 rings (SSSR count). The van der Waals surface area contributed by atoms with Gasteiger partial charge in [-0.25, -0.2) is 9.78 Å². The molecule has 0 spiro atoms. The molecule has 0 aliphatic heterocycles. The van der Waals surface area contributed by atoms with E-state index in [-0.39, 0.29) is 17.2 Å². The number of aromatic carboxylic acids is 1. The van der Waals surface area contributed by atoms with Gasteiger partial charge >= 0.3 is 11.7 Å². The number of aromatic nitrogens is 1. The molecular weight excluding hydrogens is 274 g/mol. The van der Waals surface area contributed by atoms with E-state index in [0.717, 1.165) is 12.1 Å². The number of nitro groups is 1. The first-order valence-electron chi connectivity index (χ1n) is 5.34. The SMILES string of the molecule is CS(=O)CCCNc1nc(C(=O)O)ccc1[N+](=O)[O-]. The molecule has 0 radical (unpaired) electrons. The maximum absolute atomic E-state index is 10.9. The summed E-state index contributed by atoms with van der Waals surface area (Å²) in [5.41, 5.74) is -0.560. The number of carboxylic acids is 1. The van der Waals surface area contributed by atoms with Crippen molar-refractivity contribution in [3.63, 3.8) is 0 Å². The summed E-state index contributed by atoms with van der Waals surface area (Å²) in [7, 11) is -0.938.